The highest BCUT2D eigenvalue weighted by molar-refractivity contribution is 6.00. The number of carbonyl (C=O) groups is 1. The van der Waals surface area contributed by atoms with E-state index in [2.05, 4.69) is 50.4 Å². The third kappa shape index (κ3) is 2.59. The quantitative estimate of drug-likeness (QED) is 0.860. The van der Waals surface area contributed by atoms with Gasteiger partial charge in [-0.3, -0.25) is 4.79 Å². The van der Waals surface area contributed by atoms with Gasteiger partial charge in [-0.1, -0.05) is 32.9 Å². The fourth-order valence-electron chi connectivity index (χ4n) is 3.58. The van der Waals surface area contributed by atoms with Crippen LogP contribution in [0.5, 0.6) is 0 Å². The minimum Gasteiger partial charge on any atom is -0.317 e. The number of piperidine rings is 1. The van der Waals surface area contributed by atoms with Crippen LogP contribution in [-0.4, -0.2) is 25.5 Å². The van der Waals surface area contributed by atoms with Crippen molar-refractivity contribution in [3.8, 4) is 0 Å². The molecule has 2 heterocycles. The summed E-state index contributed by atoms with van der Waals surface area (Å²) in [5.74, 6) is 0.340. The molecule has 1 aromatic rings. The van der Waals surface area contributed by atoms with Gasteiger partial charge in [0.05, 0.1) is 5.41 Å². The van der Waals surface area contributed by atoms with Gasteiger partial charge in [-0.15, -0.1) is 0 Å². The van der Waals surface area contributed by atoms with Crippen molar-refractivity contribution in [2.75, 3.05) is 24.5 Å². The van der Waals surface area contributed by atoms with Crippen LogP contribution in [0.3, 0.4) is 0 Å². The highest BCUT2D eigenvalue weighted by atomic mass is 16.2. The van der Waals surface area contributed by atoms with E-state index in [0.717, 1.165) is 44.6 Å². The van der Waals surface area contributed by atoms with Crippen LogP contribution in [0.4, 0.5) is 5.69 Å². The molecule has 0 unspecified atom stereocenters. The van der Waals surface area contributed by atoms with Gasteiger partial charge in [0.15, 0.2) is 0 Å². The summed E-state index contributed by atoms with van der Waals surface area (Å²) in [5, 5.41) is 3.36. The predicted molar refractivity (Wildman–Crippen MR) is 86.6 cm³/mol. The first-order chi connectivity index (χ1) is 9.92. The molecular formula is C18H26N2O. The molecule has 2 fully saturated rings. The van der Waals surface area contributed by atoms with Gasteiger partial charge < -0.3 is 10.2 Å². The number of nitrogens with one attached hydrogen (secondary N) is 1. The van der Waals surface area contributed by atoms with Gasteiger partial charge in [-0.05, 0) is 55.5 Å². The molecule has 3 rings (SSSR count). The maximum absolute atomic E-state index is 12.9. The minimum atomic E-state index is -0.0893. The molecule has 1 spiro atoms. The topological polar surface area (TPSA) is 32.3 Å². The van der Waals surface area contributed by atoms with Crippen LogP contribution >= 0.6 is 0 Å². The van der Waals surface area contributed by atoms with E-state index >= 15 is 0 Å². The van der Waals surface area contributed by atoms with Gasteiger partial charge in [0.25, 0.3) is 0 Å². The number of rotatable bonds is 1. The maximum Gasteiger partial charge on any atom is 0.233 e. The summed E-state index contributed by atoms with van der Waals surface area (Å²) in [7, 11) is 0. The van der Waals surface area contributed by atoms with E-state index in [9.17, 15) is 4.79 Å². The maximum atomic E-state index is 12.9. The van der Waals surface area contributed by atoms with Crippen LogP contribution in [0, 0.1) is 5.41 Å². The summed E-state index contributed by atoms with van der Waals surface area (Å²) in [6, 6.07) is 8.54. The molecule has 114 valence electrons. The van der Waals surface area contributed by atoms with Gasteiger partial charge in [-0.25, -0.2) is 0 Å². The van der Waals surface area contributed by atoms with Crippen LogP contribution in [0.2, 0.25) is 0 Å². The number of hydrogen-bond acceptors (Lipinski definition) is 2. The Kier molecular flexibility index (Phi) is 3.56. The first-order valence-corrected chi connectivity index (χ1v) is 8.06. The summed E-state index contributed by atoms with van der Waals surface area (Å²) >= 11 is 0. The van der Waals surface area contributed by atoms with E-state index in [1.165, 1.54) is 5.56 Å². The van der Waals surface area contributed by atoms with E-state index in [0.29, 0.717) is 5.91 Å². The molecule has 21 heavy (non-hydrogen) atoms. The van der Waals surface area contributed by atoms with Gasteiger partial charge in [0.2, 0.25) is 5.91 Å². The zero-order valence-electron chi connectivity index (χ0n) is 13.4. The minimum absolute atomic E-state index is 0.0893. The van der Waals surface area contributed by atoms with Crippen LogP contribution < -0.4 is 10.2 Å². The summed E-state index contributed by atoms with van der Waals surface area (Å²) in [6.07, 6.45) is 2.99. The van der Waals surface area contributed by atoms with Crippen LogP contribution in [0.15, 0.2) is 24.3 Å². The lowest BCUT2D eigenvalue weighted by Crippen LogP contribution is -2.42. The second-order valence-electron chi connectivity index (χ2n) is 7.53. The number of carbonyl (C=O) groups excluding carboxylic acids is 1. The molecule has 1 N–H and O–H groups in total. The summed E-state index contributed by atoms with van der Waals surface area (Å²) in [5.41, 5.74) is 2.44. The molecule has 2 aliphatic rings. The molecule has 0 aliphatic carbocycles. The Balaban J connectivity index is 1.80. The lowest BCUT2D eigenvalue weighted by atomic mass is 9.77. The zero-order valence-corrected chi connectivity index (χ0v) is 13.4. The van der Waals surface area contributed by atoms with Crippen molar-refractivity contribution < 1.29 is 4.79 Å². The molecule has 1 aromatic carbocycles. The molecule has 1 amide bonds. The molecular weight excluding hydrogens is 260 g/mol. The van der Waals surface area contributed by atoms with Crippen molar-refractivity contribution in [1.82, 2.24) is 5.32 Å². The van der Waals surface area contributed by atoms with E-state index in [1.54, 1.807) is 0 Å². The molecule has 3 nitrogen and oxygen atoms in total. The Morgan fingerprint density at radius 3 is 2.24 bits per heavy atom. The summed E-state index contributed by atoms with van der Waals surface area (Å²) < 4.78 is 0. The second-order valence-corrected chi connectivity index (χ2v) is 7.53. The average molecular weight is 286 g/mol. The standard InChI is InChI=1S/C18H26N2O/c1-17(2,3)14-4-6-15(7-5-14)20-13-10-18(16(20)21)8-11-19-12-9-18/h4-7,19H,8-13H2,1-3H3. The molecule has 0 bridgehead atoms. The third-order valence-electron chi connectivity index (χ3n) is 5.12. The van der Waals surface area contributed by atoms with Crippen LogP contribution in [-0.2, 0) is 10.2 Å². The fraction of sp³-hybridized carbons (Fsp3) is 0.611. The fourth-order valence-corrected chi connectivity index (χ4v) is 3.58. The van der Waals surface area contributed by atoms with Gasteiger partial charge in [0.1, 0.15) is 0 Å². The molecule has 3 heteroatoms. The zero-order chi connectivity index (χ0) is 15.1. The van der Waals surface area contributed by atoms with Crippen LogP contribution in [0.1, 0.15) is 45.6 Å². The van der Waals surface area contributed by atoms with E-state index in [4.69, 9.17) is 0 Å². The highest BCUT2D eigenvalue weighted by Crippen LogP contribution is 2.41. The number of nitrogens with zero attached hydrogens (tertiary/aromatic N) is 1. The van der Waals surface area contributed by atoms with E-state index in [-0.39, 0.29) is 10.8 Å². The van der Waals surface area contributed by atoms with Gasteiger partial charge in [0, 0.05) is 12.2 Å². The Labute approximate surface area is 127 Å². The lowest BCUT2D eigenvalue weighted by Gasteiger charge is -2.32. The van der Waals surface area contributed by atoms with Crippen molar-refractivity contribution in [3.05, 3.63) is 29.8 Å². The Hall–Kier alpha value is -1.35. The van der Waals surface area contributed by atoms with E-state index < -0.39 is 0 Å². The Bertz CT molecular complexity index is 521. The van der Waals surface area contributed by atoms with Crippen molar-refractivity contribution in [1.29, 1.82) is 0 Å². The molecule has 2 aliphatic heterocycles. The predicted octanol–water partition coefficient (Wildman–Crippen LogP) is 3.09. The molecule has 0 aromatic heterocycles. The third-order valence-corrected chi connectivity index (χ3v) is 5.12. The first-order valence-electron chi connectivity index (χ1n) is 8.06. The van der Waals surface area contributed by atoms with Gasteiger partial charge >= 0.3 is 0 Å². The number of anilines is 1. The first kappa shape index (κ1) is 14.6. The normalized spacial score (nSPS) is 22.0. The molecule has 2 saturated heterocycles. The average Bonchev–Trinajstić information content (AvgIpc) is 2.76. The highest BCUT2D eigenvalue weighted by Gasteiger charge is 2.47. The van der Waals surface area contributed by atoms with Crippen molar-refractivity contribution in [2.24, 2.45) is 5.41 Å². The Morgan fingerprint density at radius 1 is 1.05 bits per heavy atom. The SMILES string of the molecule is CC(C)(C)c1ccc(N2CCC3(CCNCC3)C2=O)cc1. The number of amides is 1. The molecule has 0 saturated carbocycles. The smallest absolute Gasteiger partial charge is 0.233 e. The van der Waals surface area contributed by atoms with E-state index in [1.807, 2.05) is 4.90 Å². The van der Waals surface area contributed by atoms with Crippen LogP contribution in [0.25, 0.3) is 0 Å². The molecule has 0 radical (unpaired) electrons. The lowest BCUT2D eigenvalue weighted by molar-refractivity contribution is -0.126. The summed E-state index contributed by atoms with van der Waals surface area (Å²) in [6.45, 7) is 9.46. The van der Waals surface area contributed by atoms with Crippen molar-refractivity contribution in [2.45, 2.75) is 45.4 Å². The monoisotopic (exact) mass is 286 g/mol. The van der Waals surface area contributed by atoms with Crippen molar-refractivity contribution in [3.63, 3.8) is 0 Å². The summed E-state index contributed by atoms with van der Waals surface area (Å²) in [4.78, 5) is 14.9. The van der Waals surface area contributed by atoms with Crippen molar-refractivity contribution >= 4 is 11.6 Å². The molecule has 0 atom stereocenters. The Morgan fingerprint density at radius 2 is 1.67 bits per heavy atom. The number of benzene rings is 1. The largest absolute Gasteiger partial charge is 0.317 e. The van der Waals surface area contributed by atoms with Gasteiger partial charge in [-0.2, -0.15) is 0 Å². The second kappa shape index (κ2) is 5.13. The number of hydrogen-bond donors (Lipinski definition) is 1.